The number of nitrogens with one attached hydrogen (secondary N) is 1. The maximum absolute atomic E-state index is 13.3. The summed E-state index contributed by atoms with van der Waals surface area (Å²) in [4.78, 5) is 20.2. The molecule has 0 saturated carbocycles. The van der Waals surface area contributed by atoms with Crippen LogP contribution in [0.5, 0.6) is 5.75 Å². The van der Waals surface area contributed by atoms with Gasteiger partial charge in [-0.1, -0.05) is 12.1 Å². The Hall–Kier alpha value is -3.40. The monoisotopic (exact) mass is 474 g/mol. The van der Waals surface area contributed by atoms with Crippen molar-refractivity contribution in [1.29, 1.82) is 0 Å². The summed E-state index contributed by atoms with van der Waals surface area (Å²) in [5, 5.41) is 7.43. The number of hydrogen-bond acceptors (Lipinski definition) is 5. The molecule has 0 radical (unpaired) electrons. The Morgan fingerprint density at radius 2 is 1.91 bits per heavy atom. The number of nitrogens with zero attached hydrogens (tertiary/aromatic N) is 3. The summed E-state index contributed by atoms with van der Waals surface area (Å²) in [6, 6.07) is 9.04. The zero-order valence-corrected chi connectivity index (χ0v) is 19.1. The molecule has 0 aliphatic heterocycles. The van der Waals surface area contributed by atoms with Gasteiger partial charge < -0.3 is 10.1 Å². The number of alkyl halides is 3. The van der Waals surface area contributed by atoms with Crippen LogP contribution in [0.2, 0.25) is 0 Å². The Kier molecular flexibility index (Phi) is 5.87. The normalized spacial score (nSPS) is 11.9. The Bertz CT molecular complexity index is 1340. The van der Waals surface area contributed by atoms with Crippen LogP contribution in [0.1, 0.15) is 40.0 Å². The van der Waals surface area contributed by atoms with Crippen LogP contribution in [0, 0.1) is 13.8 Å². The lowest BCUT2D eigenvalue weighted by atomic mass is 10.1. The minimum Gasteiger partial charge on any atom is -0.404 e. The molecule has 6 nitrogen and oxygen atoms in total. The van der Waals surface area contributed by atoms with Crippen molar-refractivity contribution < 1.29 is 22.7 Å². The highest BCUT2D eigenvalue weighted by molar-refractivity contribution is 7.12. The summed E-state index contributed by atoms with van der Waals surface area (Å²) >= 11 is 1.62. The average molecular weight is 475 g/mol. The van der Waals surface area contributed by atoms with Crippen LogP contribution < -0.4 is 10.1 Å². The number of fused-ring (bicyclic) bond motifs is 1. The highest BCUT2D eigenvalue weighted by Crippen LogP contribution is 2.34. The molecule has 10 heteroatoms. The zero-order valence-electron chi connectivity index (χ0n) is 18.3. The fourth-order valence-corrected chi connectivity index (χ4v) is 4.51. The van der Waals surface area contributed by atoms with Crippen molar-refractivity contribution in [3.05, 3.63) is 57.9 Å². The van der Waals surface area contributed by atoms with E-state index in [2.05, 4.69) is 15.2 Å². The van der Waals surface area contributed by atoms with Gasteiger partial charge in [-0.15, -0.1) is 24.5 Å². The number of aryl methyl sites for hydroxylation is 2. The topological polar surface area (TPSA) is 69.0 Å². The van der Waals surface area contributed by atoms with Crippen molar-refractivity contribution in [3.8, 4) is 17.0 Å². The molecule has 0 bridgehead atoms. The first kappa shape index (κ1) is 22.8. The number of amides is 1. The number of carbonyl (C=O) groups is 1. The summed E-state index contributed by atoms with van der Waals surface area (Å²) in [5.41, 5.74) is 2.18. The van der Waals surface area contributed by atoms with Gasteiger partial charge in [0.15, 0.2) is 11.4 Å². The number of hydrogen-bond donors (Lipinski definition) is 1. The molecule has 1 aromatic carbocycles. The molecular formula is C23H21F3N4O2S. The first-order valence-electron chi connectivity index (χ1n) is 10.2. The second kappa shape index (κ2) is 8.51. The van der Waals surface area contributed by atoms with Gasteiger partial charge in [-0.2, -0.15) is 5.10 Å². The molecule has 4 rings (SSSR count). The first-order chi connectivity index (χ1) is 15.5. The highest BCUT2D eigenvalue weighted by atomic mass is 32.1. The maximum Gasteiger partial charge on any atom is 0.573 e. The Morgan fingerprint density at radius 1 is 1.18 bits per heavy atom. The van der Waals surface area contributed by atoms with Crippen molar-refractivity contribution in [2.45, 2.75) is 40.1 Å². The summed E-state index contributed by atoms with van der Waals surface area (Å²) in [5.74, 6) is -1.08. The van der Waals surface area contributed by atoms with Gasteiger partial charge in [-0.3, -0.25) is 4.79 Å². The quantitative estimate of drug-likeness (QED) is 0.358. The lowest BCUT2D eigenvalue weighted by molar-refractivity contribution is -0.274. The lowest BCUT2D eigenvalue weighted by Gasteiger charge is -2.14. The molecule has 1 amide bonds. The SMILES string of the molecule is Cc1cc(-c2cc(C(=O)Nc3ccccc3OC(F)(F)F)c3cnn(C(C)C)c3n2)c(C)s1. The van der Waals surface area contributed by atoms with Gasteiger partial charge in [-0.05, 0) is 52.0 Å². The van der Waals surface area contributed by atoms with Gasteiger partial charge in [0.25, 0.3) is 5.91 Å². The molecule has 0 saturated heterocycles. The predicted molar refractivity (Wildman–Crippen MR) is 122 cm³/mol. The number of pyridine rings is 1. The van der Waals surface area contributed by atoms with Crippen LogP contribution in [0.15, 0.2) is 42.6 Å². The van der Waals surface area contributed by atoms with Crippen LogP contribution in [0.25, 0.3) is 22.3 Å². The summed E-state index contributed by atoms with van der Waals surface area (Å²) in [6.07, 6.45) is -3.34. The van der Waals surface area contributed by atoms with Crippen molar-refractivity contribution >= 4 is 34.0 Å². The molecule has 33 heavy (non-hydrogen) atoms. The van der Waals surface area contributed by atoms with Crippen molar-refractivity contribution in [3.63, 3.8) is 0 Å². The molecule has 0 aliphatic carbocycles. The molecule has 0 aliphatic rings. The first-order valence-corrected chi connectivity index (χ1v) is 11.0. The van der Waals surface area contributed by atoms with E-state index in [1.165, 1.54) is 18.2 Å². The molecule has 0 spiro atoms. The molecule has 1 N–H and O–H groups in total. The van der Waals surface area contributed by atoms with E-state index in [1.54, 1.807) is 28.3 Å². The lowest BCUT2D eigenvalue weighted by Crippen LogP contribution is -2.19. The van der Waals surface area contributed by atoms with E-state index < -0.39 is 18.0 Å². The molecule has 172 valence electrons. The third-order valence-corrected chi connectivity index (χ3v) is 5.94. The third-order valence-electron chi connectivity index (χ3n) is 4.98. The van der Waals surface area contributed by atoms with Gasteiger partial charge in [0, 0.05) is 21.4 Å². The number of para-hydroxylation sites is 2. The van der Waals surface area contributed by atoms with E-state index in [9.17, 15) is 18.0 Å². The molecule has 0 fully saturated rings. The fraction of sp³-hybridized carbons (Fsp3) is 0.261. The largest absolute Gasteiger partial charge is 0.573 e. The molecule has 3 aromatic heterocycles. The molecule has 0 unspecified atom stereocenters. The zero-order chi connectivity index (χ0) is 23.9. The number of benzene rings is 1. The summed E-state index contributed by atoms with van der Waals surface area (Å²) < 4.78 is 44.2. The molecular weight excluding hydrogens is 453 g/mol. The van der Waals surface area contributed by atoms with E-state index in [0.717, 1.165) is 21.4 Å². The third kappa shape index (κ3) is 4.70. The van der Waals surface area contributed by atoms with Crippen LogP contribution in [-0.4, -0.2) is 27.0 Å². The van der Waals surface area contributed by atoms with E-state index in [1.807, 2.05) is 33.8 Å². The van der Waals surface area contributed by atoms with Gasteiger partial charge >= 0.3 is 6.36 Å². The van der Waals surface area contributed by atoms with E-state index in [-0.39, 0.29) is 17.3 Å². The number of thiophene rings is 1. The number of carbonyl (C=O) groups excluding carboxylic acids is 1. The van der Waals surface area contributed by atoms with Crippen molar-refractivity contribution in [2.24, 2.45) is 0 Å². The van der Waals surface area contributed by atoms with Crippen LogP contribution in [0.4, 0.5) is 18.9 Å². The second-order valence-electron chi connectivity index (χ2n) is 7.80. The minimum atomic E-state index is -4.88. The Balaban J connectivity index is 1.82. The van der Waals surface area contributed by atoms with Crippen LogP contribution in [-0.2, 0) is 0 Å². The molecule has 3 heterocycles. The standard InChI is InChI=1S/C23H21F3N4O2S/c1-12(2)30-21-17(11-27-30)16(10-19(28-21)15-9-13(3)33-14(15)4)22(31)29-18-7-5-6-8-20(18)32-23(24,25)26/h5-12H,1-4H3,(H,29,31). The number of halogens is 3. The van der Waals surface area contributed by atoms with Crippen molar-refractivity contribution in [1.82, 2.24) is 14.8 Å². The van der Waals surface area contributed by atoms with Gasteiger partial charge in [0.2, 0.25) is 0 Å². The van der Waals surface area contributed by atoms with Gasteiger partial charge in [0.1, 0.15) is 0 Å². The van der Waals surface area contributed by atoms with Crippen LogP contribution >= 0.6 is 11.3 Å². The van der Waals surface area contributed by atoms with E-state index in [4.69, 9.17) is 4.98 Å². The van der Waals surface area contributed by atoms with E-state index in [0.29, 0.717) is 16.7 Å². The van der Waals surface area contributed by atoms with Crippen molar-refractivity contribution in [2.75, 3.05) is 5.32 Å². The highest BCUT2D eigenvalue weighted by Gasteiger charge is 2.32. The smallest absolute Gasteiger partial charge is 0.404 e. The van der Waals surface area contributed by atoms with Crippen LogP contribution in [0.3, 0.4) is 0 Å². The number of aromatic nitrogens is 3. The average Bonchev–Trinajstić information content (AvgIpc) is 3.30. The Labute approximate surface area is 192 Å². The van der Waals surface area contributed by atoms with E-state index >= 15 is 0 Å². The molecule has 4 aromatic rings. The fourth-order valence-electron chi connectivity index (χ4n) is 3.58. The summed E-state index contributed by atoms with van der Waals surface area (Å²) in [7, 11) is 0. The number of ether oxygens (including phenoxy) is 1. The Morgan fingerprint density at radius 3 is 2.55 bits per heavy atom. The number of rotatable bonds is 5. The molecule has 0 atom stereocenters. The van der Waals surface area contributed by atoms with Gasteiger partial charge in [0.05, 0.1) is 28.5 Å². The summed E-state index contributed by atoms with van der Waals surface area (Å²) in [6.45, 7) is 7.86. The van der Waals surface area contributed by atoms with Gasteiger partial charge in [-0.25, -0.2) is 9.67 Å². The number of anilines is 1. The predicted octanol–water partition coefficient (Wildman–Crippen LogP) is 6.51. The maximum atomic E-state index is 13.3. The minimum absolute atomic E-state index is 0.00705. The second-order valence-corrected chi connectivity index (χ2v) is 9.26.